The van der Waals surface area contributed by atoms with E-state index in [9.17, 15) is 9.59 Å². The van der Waals surface area contributed by atoms with Gasteiger partial charge in [0.1, 0.15) is 5.71 Å². The molecule has 3 rings (SSSR count). The molecule has 0 aromatic heterocycles. The quantitative estimate of drug-likeness (QED) is 0.853. The first-order valence-electron chi connectivity index (χ1n) is 8.27. The van der Waals surface area contributed by atoms with Crippen LogP contribution in [0.4, 0.5) is 0 Å². The van der Waals surface area contributed by atoms with Crippen molar-refractivity contribution < 1.29 is 9.59 Å². The number of likely N-dealkylation sites (tertiary alicyclic amines) is 1. The Morgan fingerprint density at radius 2 is 2.04 bits per heavy atom. The molecule has 0 saturated carbocycles. The van der Waals surface area contributed by atoms with Crippen LogP contribution in [-0.4, -0.2) is 42.1 Å². The van der Waals surface area contributed by atoms with E-state index < -0.39 is 0 Å². The number of nitrogens with zero attached hydrogens (tertiary/aromatic N) is 2. The van der Waals surface area contributed by atoms with Crippen LogP contribution in [0.25, 0.3) is 0 Å². The number of hydrogen-bond donors (Lipinski definition) is 2. The van der Waals surface area contributed by atoms with Crippen molar-refractivity contribution >= 4 is 29.1 Å². The largest absolute Gasteiger partial charge is 0.349 e. The van der Waals surface area contributed by atoms with Crippen LogP contribution in [0.3, 0.4) is 0 Å². The molecule has 0 bridgehead atoms. The number of rotatable bonds is 5. The first kappa shape index (κ1) is 16.9. The molecular weight excluding hydrogens is 328 g/mol. The van der Waals surface area contributed by atoms with Crippen LogP contribution in [0.1, 0.15) is 37.3 Å². The van der Waals surface area contributed by atoms with Crippen molar-refractivity contribution in [3.8, 4) is 0 Å². The van der Waals surface area contributed by atoms with E-state index in [1.165, 1.54) is 0 Å². The third-order valence-corrected chi connectivity index (χ3v) is 4.81. The maximum atomic E-state index is 12.3. The van der Waals surface area contributed by atoms with Crippen LogP contribution in [0.5, 0.6) is 0 Å². The summed E-state index contributed by atoms with van der Waals surface area (Å²) >= 11 is 6.37. The van der Waals surface area contributed by atoms with Crippen molar-refractivity contribution in [3.63, 3.8) is 0 Å². The summed E-state index contributed by atoms with van der Waals surface area (Å²) in [6.07, 6.45) is 2.99. The van der Waals surface area contributed by atoms with E-state index in [0.717, 1.165) is 31.5 Å². The average molecular weight is 349 g/mol. The molecule has 1 fully saturated rings. The zero-order valence-electron chi connectivity index (χ0n) is 13.4. The summed E-state index contributed by atoms with van der Waals surface area (Å²) in [7, 11) is 0. The van der Waals surface area contributed by atoms with Crippen LogP contribution < -0.4 is 10.7 Å². The molecule has 7 heteroatoms. The fraction of sp³-hybridized carbons (Fsp3) is 0.471. The smallest absolute Gasteiger partial charge is 0.267 e. The highest BCUT2D eigenvalue weighted by Crippen LogP contribution is 2.29. The first-order valence-corrected chi connectivity index (χ1v) is 8.65. The molecule has 1 saturated heterocycles. The van der Waals surface area contributed by atoms with Gasteiger partial charge in [-0.1, -0.05) is 29.8 Å². The number of hydrogen-bond acceptors (Lipinski definition) is 4. The fourth-order valence-corrected chi connectivity index (χ4v) is 3.43. The molecular formula is C17H21ClN4O2. The Kier molecular flexibility index (Phi) is 5.48. The summed E-state index contributed by atoms with van der Waals surface area (Å²) in [6, 6.07) is 7.81. The third-order valence-electron chi connectivity index (χ3n) is 4.47. The molecule has 6 nitrogen and oxygen atoms in total. The summed E-state index contributed by atoms with van der Waals surface area (Å²) in [5, 5.41) is 7.50. The van der Waals surface area contributed by atoms with Gasteiger partial charge in [0.15, 0.2) is 0 Å². The lowest BCUT2D eigenvalue weighted by atomic mass is 10.0. The predicted molar refractivity (Wildman–Crippen MR) is 92.8 cm³/mol. The molecule has 0 spiro atoms. The van der Waals surface area contributed by atoms with Gasteiger partial charge in [-0.15, -0.1) is 0 Å². The van der Waals surface area contributed by atoms with E-state index in [1.807, 2.05) is 24.3 Å². The average Bonchev–Trinajstić information content (AvgIpc) is 3.11. The number of carbonyl (C=O) groups excluding carboxylic acids is 2. The van der Waals surface area contributed by atoms with Crippen molar-refractivity contribution in [3.05, 3.63) is 34.9 Å². The lowest BCUT2D eigenvalue weighted by molar-refractivity contribution is -0.121. The minimum atomic E-state index is -0.230. The Bertz CT molecular complexity index is 656. The van der Waals surface area contributed by atoms with Crippen LogP contribution in [0.15, 0.2) is 29.4 Å². The summed E-state index contributed by atoms with van der Waals surface area (Å²) < 4.78 is 0. The van der Waals surface area contributed by atoms with Crippen LogP contribution in [-0.2, 0) is 9.59 Å². The van der Waals surface area contributed by atoms with Crippen molar-refractivity contribution in [2.24, 2.45) is 5.10 Å². The molecule has 2 N–H and O–H groups in total. The van der Waals surface area contributed by atoms with Crippen molar-refractivity contribution in [2.45, 2.75) is 31.7 Å². The van der Waals surface area contributed by atoms with Gasteiger partial charge in [0.05, 0.1) is 6.04 Å². The minimum Gasteiger partial charge on any atom is -0.349 e. The topological polar surface area (TPSA) is 73.8 Å². The highest BCUT2D eigenvalue weighted by atomic mass is 35.5. The van der Waals surface area contributed by atoms with Crippen LogP contribution >= 0.6 is 11.6 Å². The maximum absolute atomic E-state index is 12.3. The van der Waals surface area contributed by atoms with E-state index >= 15 is 0 Å². The van der Waals surface area contributed by atoms with Gasteiger partial charge in [0.25, 0.3) is 5.91 Å². The second-order valence-electron chi connectivity index (χ2n) is 6.08. The monoisotopic (exact) mass is 348 g/mol. The van der Waals surface area contributed by atoms with Gasteiger partial charge >= 0.3 is 0 Å². The minimum absolute atomic E-state index is 0.0453. The van der Waals surface area contributed by atoms with Gasteiger partial charge in [-0.05, 0) is 37.6 Å². The van der Waals surface area contributed by atoms with Crippen molar-refractivity contribution in [1.82, 2.24) is 15.6 Å². The van der Waals surface area contributed by atoms with Crippen LogP contribution in [0, 0.1) is 0 Å². The molecule has 24 heavy (non-hydrogen) atoms. The molecule has 128 valence electrons. The van der Waals surface area contributed by atoms with E-state index in [1.54, 1.807) is 0 Å². The number of halogens is 1. The molecule has 2 aliphatic heterocycles. The van der Waals surface area contributed by atoms with E-state index in [4.69, 9.17) is 11.6 Å². The van der Waals surface area contributed by atoms with Gasteiger partial charge < -0.3 is 5.32 Å². The Hall–Kier alpha value is -1.92. The van der Waals surface area contributed by atoms with E-state index in [0.29, 0.717) is 30.1 Å². The Balaban J connectivity index is 1.69. The van der Waals surface area contributed by atoms with Crippen LogP contribution in [0.2, 0.25) is 5.02 Å². The SMILES string of the molecule is O=C1CCC(C(=O)NC[C@H](c2ccccc2Cl)N2CCCC2)=NN1. The highest BCUT2D eigenvalue weighted by Gasteiger charge is 2.26. The molecule has 2 heterocycles. The molecule has 0 radical (unpaired) electrons. The highest BCUT2D eigenvalue weighted by molar-refractivity contribution is 6.39. The van der Waals surface area contributed by atoms with Gasteiger partial charge in [-0.2, -0.15) is 5.10 Å². The molecule has 1 aromatic carbocycles. The molecule has 1 atom stereocenters. The fourth-order valence-electron chi connectivity index (χ4n) is 3.16. The lowest BCUT2D eigenvalue weighted by Gasteiger charge is -2.29. The van der Waals surface area contributed by atoms with E-state index in [2.05, 4.69) is 20.7 Å². The molecule has 0 unspecified atom stereocenters. The number of amides is 2. The summed E-state index contributed by atoms with van der Waals surface area (Å²) in [4.78, 5) is 25.8. The molecule has 1 aromatic rings. The third kappa shape index (κ3) is 3.94. The second kappa shape index (κ2) is 7.77. The summed E-state index contributed by atoms with van der Waals surface area (Å²) in [5.74, 6) is -0.385. The predicted octanol–water partition coefficient (Wildman–Crippen LogP) is 1.86. The van der Waals surface area contributed by atoms with Gasteiger partial charge in [-0.3, -0.25) is 14.5 Å². The van der Waals surface area contributed by atoms with Gasteiger partial charge in [0.2, 0.25) is 5.91 Å². The summed E-state index contributed by atoms with van der Waals surface area (Å²) in [6.45, 7) is 2.47. The van der Waals surface area contributed by atoms with Crippen molar-refractivity contribution in [2.75, 3.05) is 19.6 Å². The normalized spacial score (nSPS) is 19.5. The van der Waals surface area contributed by atoms with Gasteiger partial charge in [-0.25, -0.2) is 5.43 Å². The maximum Gasteiger partial charge on any atom is 0.267 e. The zero-order valence-corrected chi connectivity index (χ0v) is 14.2. The first-order chi connectivity index (χ1) is 11.6. The lowest BCUT2D eigenvalue weighted by Crippen LogP contribution is -2.41. The van der Waals surface area contributed by atoms with Gasteiger partial charge in [0, 0.05) is 24.4 Å². The molecule has 2 aliphatic rings. The number of hydrazone groups is 1. The Morgan fingerprint density at radius 1 is 1.29 bits per heavy atom. The Labute approximate surface area is 146 Å². The number of nitrogens with one attached hydrogen (secondary N) is 2. The molecule has 0 aliphatic carbocycles. The standard InChI is InChI=1S/C17H21ClN4O2/c18-13-6-2-1-5-12(13)15(22-9-3-4-10-22)11-19-17(24)14-7-8-16(23)21-20-14/h1-2,5-6,15H,3-4,7-11H2,(H,19,24)(H,21,23)/t15-/m1/s1. The van der Waals surface area contributed by atoms with Crippen molar-refractivity contribution in [1.29, 1.82) is 0 Å². The number of carbonyl (C=O) groups is 2. The zero-order chi connectivity index (χ0) is 16.9. The summed E-state index contributed by atoms with van der Waals surface area (Å²) in [5.41, 5.74) is 3.75. The molecule has 2 amide bonds. The van der Waals surface area contributed by atoms with E-state index in [-0.39, 0.29) is 17.9 Å². The number of benzene rings is 1. The second-order valence-corrected chi connectivity index (χ2v) is 6.49. The Morgan fingerprint density at radius 3 is 2.71 bits per heavy atom.